The normalized spacial score (nSPS) is 11.6. The minimum Gasteiger partial charge on any atom is -0.472 e. The second-order valence-electron chi connectivity index (χ2n) is 8.11. The molecule has 0 N–H and O–H groups in total. The van der Waals surface area contributed by atoms with Gasteiger partial charge < -0.3 is 9.47 Å². The molecule has 194 valence electrons. The molecule has 0 aliphatic carbocycles. The third-order valence-corrected chi connectivity index (χ3v) is 5.54. The summed E-state index contributed by atoms with van der Waals surface area (Å²) in [6.07, 6.45) is -0.615. The maximum absolute atomic E-state index is 13.8. The van der Waals surface area contributed by atoms with E-state index in [9.17, 15) is 27.2 Å². The summed E-state index contributed by atoms with van der Waals surface area (Å²) < 4.78 is 62.8. The Labute approximate surface area is 210 Å². The number of fused-ring (bicyclic) bond motifs is 2. The number of rotatable bonds is 8. The number of hydrogen-bond acceptors (Lipinski definition) is 7. The van der Waals surface area contributed by atoms with Gasteiger partial charge in [0.05, 0.1) is 16.8 Å². The molecule has 0 spiro atoms. The van der Waals surface area contributed by atoms with Crippen molar-refractivity contribution in [2.75, 3.05) is 6.61 Å². The standard InChI is InChI=1S/C25H17F4N5O4/c1-33-10-14-8-16(4-7-18(14)31-33)34-24(36)21(13-2-5-17(6-3-13)38-25(28)29)23-22(32-34)15(11-35)9-20(30-23)37-12-19(26)27/h2-11,19,25H,12H2,1H3. The number of aryl methyl sites for hydroxylation is 1. The van der Waals surface area contributed by atoms with E-state index in [-0.39, 0.29) is 39.4 Å². The molecule has 0 aliphatic rings. The Morgan fingerprint density at radius 2 is 1.76 bits per heavy atom. The van der Waals surface area contributed by atoms with Crippen LogP contribution in [0.25, 0.3) is 38.8 Å². The van der Waals surface area contributed by atoms with Gasteiger partial charge in [0, 0.05) is 30.3 Å². The third kappa shape index (κ3) is 4.77. The summed E-state index contributed by atoms with van der Waals surface area (Å²) in [7, 11) is 1.75. The lowest BCUT2D eigenvalue weighted by Gasteiger charge is -2.14. The summed E-state index contributed by atoms with van der Waals surface area (Å²) in [6, 6.07) is 11.3. The monoisotopic (exact) mass is 527 g/mol. The summed E-state index contributed by atoms with van der Waals surface area (Å²) >= 11 is 0. The Bertz CT molecular complexity index is 1720. The van der Waals surface area contributed by atoms with Gasteiger partial charge in [0.15, 0.2) is 12.9 Å². The van der Waals surface area contributed by atoms with Gasteiger partial charge in [0.1, 0.15) is 16.8 Å². The first kappa shape index (κ1) is 24.9. The van der Waals surface area contributed by atoms with Crippen LogP contribution in [0.4, 0.5) is 17.6 Å². The van der Waals surface area contributed by atoms with Crippen LogP contribution in [0.5, 0.6) is 11.6 Å². The van der Waals surface area contributed by atoms with Gasteiger partial charge in [-0.3, -0.25) is 14.3 Å². The van der Waals surface area contributed by atoms with Gasteiger partial charge in [-0.1, -0.05) is 12.1 Å². The molecule has 0 fully saturated rings. The Morgan fingerprint density at radius 1 is 1.00 bits per heavy atom. The Kier molecular flexibility index (Phi) is 6.49. The summed E-state index contributed by atoms with van der Waals surface area (Å²) in [5.41, 5.74) is 0.379. The van der Waals surface area contributed by atoms with E-state index in [1.54, 1.807) is 36.1 Å². The van der Waals surface area contributed by atoms with Crippen LogP contribution in [0.1, 0.15) is 10.4 Å². The molecule has 5 aromatic rings. The van der Waals surface area contributed by atoms with Crippen LogP contribution in [0.3, 0.4) is 0 Å². The van der Waals surface area contributed by atoms with Gasteiger partial charge in [0.2, 0.25) is 5.88 Å². The van der Waals surface area contributed by atoms with E-state index in [2.05, 4.69) is 19.9 Å². The fourth-order valence-corrected chi connectivity index (χ4v) is 3.98. The van der Waals surface area contributed by atoms with Crippen molar-refractivity contribution in [3.63, 3.8) is 0 Å². The van der Waals surface area contributed by atoms with Crippen molar-refractivity contribution < 1.29 is 31.8 Å². The molecule has 2 aromatic carbocycles. The molecule has 0 saturated heterocycles. The Morgan fingerprint density at radius 3 is 2.45 bits per heavy atom. The smallest absolute Gasteiger partial charge is 0.387 e. The zero-order valence-corrected chi connectivity index (χ0v) is 19.5. The first-order valence-corrected chi connectivity index (χ1v) is 11.1. The lowest BCUT2D eigenvalue weighted by molar-refractivity contribution is -0.0498. The molecule has 9 nitrogen and oxygen atoms in total. The quantitative estimate of drug-likeness (QED) is 0.218. The molecule has 38 heavy (non-hydrogen) atoms. The van der Waals surface area contributed by atoms with Gasteiger partial charge in [0.25, 0.3) is 12.0 Å². The van der Waals surface area contributed by atoms with E-state index in [1.165, 1.54) is 24.3 Å². The van der Waals surface area contributed by atoms with Crippen molar-refractivity contribution in [3.05, 3.63) is 70.6 Å². The van der Waals surface area contributed by atoms with Crippen LogP contribution in [-0.4, -0.2) is 50.5 Å². The molecule has 0 bridgehead atoms. The van der Waals surface area contributed by atoms with E-state index in [0.29, 0.717) is 17.5 Å². The van der Waals surface area contributed by atoms with Gasteiger partial charge in [-0.15, -0.1) is 0 Å². The van der Waals surface area contributed by atoms with Crippen molar-refractivity contribution >= 4 is 28.2 Å². The lowest BCUT2D eigenvalue weighted by atomic mass is 10.0. The van der Waals surface area contributed by atoms with Gasteiger partial charge in [-0.05, 0) is 35.9 Å². The Hall–Kier alpha value is -4.81. The maximum atomic E-state index is 13.8. The number of ether oxygens (including phenoxy) is 2. The average molecular weight is 527 g/mol. The zero-order valence-electron chi connectivity index (χ0n) is 19.5. The molecule has 0 unspecified atom stereocenters. The molecule has 0 radical (unpaired) electrons. The number of benzene rings is 2. The number of hydrogen-bond donors (Lipinski definition) is 0. The highest BCUT2D eigenvalue weighted by Crippen LogP contribution is 2.30. The molecule has 13 heteroatoms. The summed E-state index contributed by atoms with van der Waals surface area (Å²) in [6.45, 7) is -4.03. The van der Waals surface area contributed by atoms with E-state index < -0.39 is 25.2 Å². The first-order chi connectivity index (χ1) is 18.2. The zero-order chi connectivity index (χ0) is 27.0. The largest absolute Gasteiger partial charge is 0.472 e. The highest BCUT2D eigenvalue weighted by molar-refractivity contribution is 6.00. The third-order valence-electron chi connectivity index (χ3n) is 5.54. The molecule has 0 atom stereocenters. The highest BCUT2D eigenvalue weighted by atomic mass is 19.3. The summed E-state index contributed by atoms with van der Waals surface area (Å²) in [5.74, 6) is -0.457. The molecule has 0 amide bonds. The number of carbonyl (C=O) groups is 1. The minimum absolute atomic E-state index is 0.00168. The molecule has 5 rings (SSSR count). The van der Waals surface area contributed by atoms with E-state index >= 15 is 0 Å². The van der Waals surface area contributed by atoms with Crippen LogP contribution >= 0.6 is 0 Å². The van der Waals surface area contributed by atoms with Crippen molar-refractivity contribution in [2.45, 2.75) is 13.0 Å². The number of nitrogens with zero attached hydrogens (tertiary/aromatic N) is 5. The SMILES string of the molecule is Cn1cc2cc(-n3nc4c(C=O)cc(OCC(F)F)nc4c(-c4ccc(OC(F)F)cc4)c3=O)ccc2n1. The number of aromatic nitrogens is 5. The second kappa shape index (κ2) is 9.92. The van der Waals surface area contributed by atoms with Crippen molar-refractivity contribution in [3.8, 4) is 28.4 Å². The Balaban J connectivity index is 1.78. The maximum Gasteiger partial charge on any atom is 0.387 e. The molecular formula is C25H17F4N5O4. The highest BCUT2D eigenvalue weighted by Gasteiger charge is 2.21. The molecule has 0 aliphatic heterocycles. The molecule has 0 saturated carbocycles. The second-order valence-corrected chi connectivity index (χ2v) is 8.11. The van der Waals surface area contributed by atoms with Crippen LogP contribution in [0, 0.1) is 0 Å². The fraction of sp³-hybridized carbons (Fsp3) is 0.160. The number of halogens is 4. The predicted molar refractivity (Wildman–Crippen MR) is 128 cm³/mol. The van der Waals surface area contributed by atoms with Gasteiger partial charge >= 0.3 is 6.61 Å². The van der Waals surface area contributed by atoms with Gasteiger partial charge in [-0.2, -0.15) is 23.7 Å². The first-order valence-electron chi connectivity index (χ1n) is 11.1. The molecule has 3 heterocycles. The van der Waals surface area contributed by atoms with Crippen LogP contribution in [0.15, 0.2) is 59.5 Å². The number of aldehydes is 1. The molecule has 3 aromatic heterocycles. The number of pyridine rings is 1. The number of alkyl halides is 4. The topological polar surface area (TPSA) is 101 Å². The van der Waals surface area contributed by atoms with Crippen molar-refractivity contribution in [1.82, 2.24) is 24.5 Å². The number of carbonyl (C=O) groups excluding carboxylic acids is 1. The van der Waals surface area contributed by atoms with E-state index in [4.69, 9.17) is 4.74 Å². The van der Waals surface area contributed by atoms with E-state index in [0.717, 1.165) is 16.1 Å². The fourth-order valence-electron chi connectivity index (χ4n) is 3.98. The van der Waals surface area contributed by atoms with Crippen molar-refractivity contribution in [1.29, 1.82) is 0 Å². The summed E-state index contributed by atoms with van der Waals surface area (Å²) in [5, 5.41) is 9.39. The minimum atomic E-state index is -3.05. The average Bonchev–Trinajstić information content (AvgIpc) is 3.26. The van der Waals surface area contributed by atoms with Gasteiger partial charge in [-0.25, -0.2) is 13.8 Å². The van der Waals surface area contributed by atoms with Crippen LogP contribution in [-0.2, 0) is 7.05 Å². The lowest BCUT2D eigenvalue weighted by Crippen LogP contribution is -2.24. The summed E-state index contributed by atoms with van der Waals surface area (Å²) in [4.78, 5) is 30.0. The van der Waals surface area contributed by atoms with Crippen molar-refractivity contribution in [2.24, 2.45) is 7.05 Å². The molecular weight excluding hydrogens is 510 g/mol. The van der Waals surface area contributed by atoms with Crippen LogP contribution < -0.4 is 15.0 Å². The van der Waals surface area contributed by atoms with E-state index in [1.807, 2.05) is 0 Å². The predicted octanol–water partition coefficient (Wildman–Crippen LogP) is 4.39. The van der Waals surface area contributed by atoms with Crippen LogP contribution in [0.2, 0.25) is 0 Å².